The van der Waals surface area contributed by atoms with E-state index in [0.717, 1.165) is 43.3 Å². The maximum Gasteiger partial charge on any atom is 0.407 e. The largest absolute Gasteiger partial charge is 0.445 e. The zero-order valence-electron chi connectivity index (χ0n) is 43.7. The number of alkyl carbamates (subject to hydrolysis) is 1. The second-order valence-corrected chi connectivity index (χ2v) is 22.1. The summed E-state index contributed by atoms with van der Waals surface area (Å²) in [7, 11) is 1.70. The van der Waals surface area contributed by atoms with Crippen molar-refractivity contribution in [2.24, 2.45) is 17.8 Å². The van der Waals surface area contributed by atoms with Crippen LogP contribution in [0.1, 0.15) is 117 Å². The Morgan fingerprint density at radius 2 is 1.70 bits per heavy atom. The minimum absolute atomic E-state index is 0.0309. The van der Waals surface area contributed by atoms with Gasteiger partial charge in [0, 0.05) is 50.8 Å². The second-order valence-electron chi connectivity index (χ2n) is 22.1. The Kier molecular flexibility index (Phi) is 19.2. The summed E-state index contributed by atoms with van der Waals surface area (Å²) in [4.78, 5) is 51.7. The first-order valence-electron chi connectivity index (χ1n) is 27.0. The van der Waals surface area contributed by atoms with Crippen molar-refractivity contribution < 1.29 is 66.9 Å². The number of ketones is 1. The number of carbonyl (C=O) groups is 4. The molecule has 0 spiro atoms. The fraction of sp³-hybridized carbons (Fsp3) is 0.745. The zero-order chi connectivity index (χ0) is 51.8. The summed E-state index contributed by atoms with van der Waals surface area (Å²) in [5.41, 5.74) is 3.36. The van der Waals surface area contributed by atoms with E-state index in [1.165, 1.54) is 0 Å². The number of fused-ring (bicyclic) bond motifs is 2. The highest BCUT2D eigenvalue weighted by Gasteiger charge is 2.57. The summed E-state index contributed by atoms with van der Waals surface area (Å²) in [6.07, 6.45) is 4.46. The number of hydrogen-bond acceptors (Lipinski definition) is 15. The molecule has 7 fully saturated rings. The Balaban J connectivity index is 0.806. The highest BCUT2D eigenvalue weighted by atomic mass is 16.7. The molecule has 0 aliphatic carbocycles. The molecule has 3 amide bonds. The molecule has 7 heterocycles. The minimum atomic E-state index is -0.932. The number of Topliss-reactive ketones (excluding diaryl/α,β-unsaturated/α-hetero) is 1. The van der Waals surface area contributed by atoms with E-state index < -0.39 is 24.0 Å². The predicted octanol–water partition coefficient (Wildman–Crippen LogP) is 5.58. The average molecular weight is 1020 g/mol. The first-order chi connectivity index (χ1) is 35.0. The van der Waals surface area contributed by atoms with Crippen LogP contribution in [0.2, 0.25) is 0 Å². The smallest absolute Gasteiger partial charge is 0.407 e. The molecule has 0 saturated carbocycles. The van der Waals surface area contributed by atoms with Crippen LogP contribution in [0.15, 0.2) is 48.6 Å². The van der Waals surface area contributed by atoms with Crippen LogP contribution >= 0.6 is 0 Å². The van der Waals surface area contributed by atoms with E-state index in [4.69, 9.17) is 42.6 Å². The van der Waals surface area contributed by atoms with E-state index in [2.05, 4.69) is 48.3 Å². The first kappa shape index (κ1) is 55.4. The van der Waals surface area contributed by atoms with Crippen LogP contribution < -0.4 is 21.3 Å². The van der Waals surface area contributed by atoms with Crippen molar-refractivity contribution in [3.63, 3.8) is 0 Å². The lowest BCUT2D eigenvalue weighted by molar-refractivity contribution is -0.247. The van der Waals surface area contributed by atoms with Gasteiger partial charge < -0.3 is 69.0 Å². The molecule has 7 aliphatic rings. The molecule has 2 bridgehead atoms. The molecule has 7 aliphatic heterocycles. The molecule has 0 radical (unpaired) electrons. The van der Waals surface area contributed by atoms with Gasteiger partial charge in [0.2, 0.25) is 11.8 Å². The van der Waals surface area contributed by atoms with Gasteiger partial charge in [-0.05, 0) is 98.6 Å². The molecule has 5 N–H and O–H groups in total. The van der Waals surface area contributed by atoms with Gasteiger partial charge in [-0.1, -0.05) is 53.0 Å². The third-order valence-electron chi connectivity index (χ3n) is 16.0. The number of hydrogen-bond donors (Lipinski definition) is 5. The van der Waals surface area contributed by atoms with Gasteiger partial charge >= 0.3 is 6.09 Å². The first-order valence-corrected chi connectivity index (χ1v) is 27.0. The standard InChI is InChI=1S/C55H82N4O14/c1-8-40-18-33(5)34(6)45(69-40)23-46-36(20-43(71-46)22-39(61)25-58-54(64)67-28-35-9-11-37(12-10-35)59-50(62)26-57-53(63)51(56-7)31(2)3)19-38(60)21-42-13-14-44-48(70-42)30-68-55(16-15-41-17-32(4)27-65-41)24-47-52(73-55)49(72-44)29-66-47/h9-12,31,33,36,39-49,51-52,56,61H,4,6,8,13-30H2,1-3,5,7H3,(H,57,63)(H,58,64)(H,59,62)/t33?,36?,39?,40?,41?,42?,43-,44?,45?,46-,47?,48?,49?,51?,52?,55+/m0/s1. The number of aliphatic hydroxyl groups excluding tert-OH is 1. The van der Waals surface area contributed by atoms with E-state index in [-0.39, 0.29) is 136 Å². The van der Waals surface area contributed by atoms with Crippen molar-refractivity contribution in [1.29, 1.82) is 0 Å². The van der Waals surface area contributed by atoms with Gasteiger partial charge in [0.1, 0.15) is 30.7 Å². The number of nitrogens with one attached hydrogen (secondary N) is 4. The van der Waals surface area contributed by atoms with Gasteiger partial charge in [-0.25, -0.2) is 4.79 Å². The Labute approximate surface area is 431 Å². The highest BCUT2D eigenvalue weighted by molar-refractivity contribution is 5.95. The van der Waals surface area contributed by atoms with Gasteiger partial charge in [0.15, 0.2) is 5.79 Å². The van der Waals surface area contributed by atoms with Crippen LogP contribution in [0.4, 0.5) is 10.5 Å². The number of benzene rings is 1. The SMILES string of the molecule is C=C1COC(CC[C@@]23CC4OCC(OC5CCC(CC(=O)CC6C[C@@H](CC(O)CNC(=O)OCc7ccc(NC(=O)CNC(=O)C(NC)C(C)C)cc7)O[C@H]6CC6OC(CC)CC(C)C6=C)OC5CO2)C4O3)C1. The number of likely N-dealkylation sites (N-methyl/N-ethyl adjacent to an activating group) is 1. The van der Waals surface area contributed by atoms with Crippen molar-refractivity contribution in [2.75, 3.05) is 45.3 Å². The summed E-state index contributed by atoms with van der Waals surface area (Å²) in [6.45, 7) is 17.7. The molecule has 18 heteroatoms. The van der Waals surface area contributed by atoms with Crippen LogP contribution in [-0.2, 0) is 63.6 Å². The Morgan fingerprint density at radius 3 is 2.44 bits per heavy atom. The summed E-state index contributed by atoms with van der Waals surface area (Å²) in [6, 6.07) is 6.40. The van der Waals surface area contributed by atoms with Gasteiger partial charge in [0.05, 0.1) is 87.3 Å². The van der Waals surface area contributed by atoms with Gasteiger partial charge in [-0.3, -0.25) is 14.4 Å². The van der Waals surface area contributed by atoms with Gasteiger partial charge in [0.25, 0.3) is 0 Å². The van der Waals surface area contributed by atoms with Crippen LogP contribution in [0, 0.1) is 17.8 Å². The monoisotopic (exact) mass is 1020 g/mol. The van der Waals surface area contributed by atoms with E-state index >= 15 is 0 Å². The molecule has 406 valence electrons. The molecule has 1 aromatic rings. The topological polar surface area (TPSA) is 220 Å². The highest BCUT2D eigenvalue weighted by Crippen LogP contribution is 2.46. The van der Waals surface area contributed by atoms with Crippen LogP contribution in [-0.4, -0.2) is 154 Å². The molecule has 73 heavy (non-hydrogen) atoms. The third kappa shape index (κ3) is 14.8. The number of amides is 3. The zero-order valence-corrected chi connectivity index (χ0v) is 43.7. The van der Waals surface area contributed by atoms with Gasteiger partial charge in [-0.2, -0.15) is 0 Å². The summed E-state index contributed by atoms with van der Waals surface area (Å²) in [5, 5.41) is 22.2. The molecule has 7 saturated heterocycles. The molecular formula is C55H82N4O14. The van der Waals surface area contributed by atoms with Crippen LogP contribution in [0.25, 0.3) is 0 Å². The molecule has 0 aromatic heterocycles. The lowest BCUT2D eigenvalue weighted by atomic mass is 9.82. The summed E-state index contributed by atoms with van der Waals surface area (Å²) >= 11 is 0. The fourth-order valence-electron chi connectivity index (χ4n) is 11.9. The lowest BCUT2D eigenvalue weighted by Crippen LogP contribution is -2.47. The average Bonchev–Trinajstić information content (AvgIpc) is 4.15. The molecule has 8 rings (SSSR count). The number of carbonyl (C=O) groups excluding carboxylic acids is 4. The van der Waals surface area contributed by atoms with Crippen molar-refractivity contribution in [1.82, 2.24) is 16.0 Å². The van der Waals surface area contributed by atoms with E-state index in [1.54, 1.807) is 31.3 Å². The van der Waals surface area contributed by atoms with Crippen molar-refractivity contribution in [3.8, 4) is 0 Å². The Hall–Kier alpha value is -3.82. The maximum absolute atomic E-state index is 14.1. The fourth-order valence-corrected chi connectivity index (χ4v) is 11.9. The van der Waals surface area contributed by atoms with Crippen molar-refractivity contribution in [2.45, 2.75) is 203 Å². The van der Waals surface area contributed by atoms with E-state index in [0.29, 0.717) is 68.9 Å². The number of ether oxygens (including phenoxy) is 9. The molecule has 16 atom stereocenters. The lowest BCUT2D eigenvalue weighted by Gasteiger charge is -2.38. The maximum atomic E-state index is 14.1. The predicted molar refractivity (Wildman–Crippen MR) is 269 cm³/mol. The van der Waals surface area contributed by atoms with Crippen LogP contribution in [0.5, 0.6) is 0 Å². The van der Waals surface area contributed by atoms with Crippen LogP contribution in [0.3, 0.4) is 0 Å². The van der Waals surface area contributed by atoms with E-state index in [9.17, 15) is 24.3 Å². The quantitative estimate of drug-likeness (QED) is 0.0897. The second kappa shape index (κ2) is 25.3. The van der Waals surface area contributed by atoms with Gasteiger partial charge in [-0.15, -0.1) is 0 Å². The van der Waals surface area contributed by atoms with E-state index in [1.807, 2.05) is 13.8 Å². The Bertz CT molecular complexity index is 2070. The third-order valence-corrected chi connectivity index (χ3v) is 16.0. The number of aliphatic hydroxyl groups is 1. The Morgan fingerprint density at radius 1 is 0.890 bits per heavy atom. The molecule has 13 unspecified atom stereocenters. The minimum Gasteiger partial charge on any atom is -0.445 e. The molecule has 1 aromatic carbocycles. The normalized spacial score (nSPS) is 34.9. The summed E-state index contributed by atoms with van der Waals surface area (Å²) < 4.78 is 57.5. The number of anilines is 1. The molecule has 18 nitrogen and oxygen atoms in total. The molecular weight excluding hydrogens is 941 g/mol. The summed E-state index contributed by atoms with van der Waals surface area (Å²) in [5.74, 6) is -1.10. The van der Waals surface area contributed by atoms with Crippen molar-refractivity contribution >= 4 is 29.4 Å². The number of rotatable bonds is 22. The van der Waals surface area contributed by atoms with Crippen molar-refractivity contribution in [3.05, 3.63) is 54.1 Å².